The SMILES string of the molecule is CC(=O)c1ccccc1C(=O)N1CC2CCC(N)C2C1. The molecule has 3 atom stereocenters. The molecule has 1 aromatic rings. The molecule has 0 spiro atoms. The zero-order chi connectivity index (χ0) is 14.3. The highest BCUT2D eigenvalue weighted by Crippen LogP contribution is 2.37. The van der Waals surface area contributed by atoms with Gasteiger partial charge in [-0.25, -0.2) is 0 Å². The maximum absolute atomic E-state index is 12.6. The molecular weight excluding hydrogens is 252 g/mol. The maximum Gasteiger partial charge on any atom is 0.254 e. The smallest absolute Gasteiger partial charge is 0.254 e. The number of nitrogens with zero attached hydrogens (tertiary/aromatic N) is 1. The quantitative estimate of drug-likeness (QED) is 0.833. The fraction of sp³-hybridized carbons (Fsp3) is 0.500. The van der Waals surface area contributed by atoms with Gasteiger partial charge in [-0.2, -0.15) is 0 Å². The molecule has 1 aliphatic heterocycles. The van der Waals surface area contributed by atoms with Gasteiger partial charge in [0.1, 0.15) is 0 Å². The van der Waals surface area contributed by atoms with Crippen LogP contribution < -0.4 is 5.73 Å². The van der Waals surface area contributed by atoms with E-state index < -0.39 is 0 Å². The Morgan fingerprint density at radius 3 is 2.50 bits per heavy atom. The van der Waals surface area contributed by atoms with Gasteiger partial charge < -0.3 is 10.6 Å². The zero-order valence-corrected chi connectivity index (χ0v) is 11.7. The van der Waals surface area contributed by atoms with Gasteiger partial charge in [-0.15, -0.1) is 0 Å². The first-order valence-corrected chi connectivity index (χ1v) is 7.22. The molecule has 4 heteroatoms. The van der Waals surface area contributed by atoms with Gasteiger partial charge >= 0.3 is 0 Å². The number of hydrogen-bond acceptors (Lipinski definition) is 3. The summed E-state index contributed by atoms with van der Waals surface area (Å²) in [6.45, 7) is 3.01. The Labute approximate surface area is 118 Å². The van der Waals surface area contributed by atoms with E-state index in [2.05, 4.69) is 0 Å². The summed E-state index contributed by atoms with van der Waals surface area (Å²) >= 11 is 0. The minimum atomic E-state index is -0.0648. The van der Waals surface area contributed by atoms with E-state index in [1.165, 1.54) is 6.92 Å². The van der Waals surface area contributed by atoms with E-state index in [1.54, 1.807) is 18.2 Å². The van der Waals surface area contributed by atoms with E-state index in [4.69, 9.17) is 5.73 Å². The summed E-state index contributed by atoms with van der Waals surface area (Å²) in [5, 5.41) is 0. The Kier molecular flexibility index (Phi) is 3.34. The normalized spacial score (nSPS) is 28.5. The summed E-state index contributed by atoms with van der Waals surface area (Å²) in [4.78, 5) is 26.2. The molecule has 106 valence electrons. The van der Waals surface area contributed by atoms with Gasteiger partial charge in [-0.05, 0) is 37.7 Å². The van der Waals surface area contributed by atoms with Crippen LogP contribution in [0.15, 0.2) is 24.3 Å². The van der Waals surface area contributed by atoms with Crippen LogP contribution in [-0.4, -0.2) is 35.7 Å². The average molecular weight is 272 g/mol. The second kappa shape index (κ2) is 5.02. The lowest BCUT2D eigenvalue weighted by Gasteiger charge is -2.20. The molecule has 1 amide bonds. The van der Waals surface area contributed by atoms with E-state index in [1.807, 2.05) is 11.0 Å². The summed E-state index contributed by atoms with van der Waals surface area (Å²) in [6, 6.07) is 7.29. The standard InChI is InChI=1S/C16H20N2O2/c1-10(19)12-4-2-3-5-13(12)16(20)18-8-11-6-7-15(17)14(11)9-18/h2-5,11,14-15H,6-9,17H2,1H3. The van der Waals surface area contributed by atoms with Crippen LogP contribution in [-0.2, 0) is 0 Å². The molecular formula is C16H20N2O2. The molecule has 20 heavy (non-hydrogen) atoms. The Bertz CT molecular complexity index is 555. The Hall–Kier alpha value is -1.68. The predicted octanol–water partition coefficient (Wildman–Crippen LogP) is 1.70. The number of likely N-dealkylation sites (tertiary alicyclic amines) is 1. The van der Waals surface area contributed by atoms with Crippen molar-refractivity contribution in [1.82, 2.24) is 4.90 Å². The summed E-state index contributed by atoms with van der Waals surface area (Å²) in [5.74, 6) is 0.879. The maximum atomic E-state index is 12.6. The van der Waals surface area contributed by atoms with Crippen molar-refractivity contribution in [2.24, 2.45) is 17.6 Å². The topological polar surface area (TPSA) is 63.4 Å². The van der Waals surface area contributed by atoms with E-state index in [0.717, 1.165) is 25.9 Å². The Balaban J connectivity index is 1.83. The van der Waals surface area contributed by atoms with Gasteiger partial charge in [0.05, 0.1) is 5.56 Å². The summed E-state index contributed by atoms with van der Waals surface area (Å²) in [7, 11) is 0. The Morgan fingerprint density at radius 1 is 1.15 bits per heavy atom. The van der Waals surface area contributed by atoms with Crippen LogP contribution in [0.5, 0.6) is 0 Å². The van der Waals surface area contributed by atoms with E-state index in [-0.39, 0.29) is 17.7 Å². The van der Waals surface area contributed by atoms with Gasteiger partial charge in [-0.3, -0.25) is 9.59 Å². The molecule has 0 aromatic heterocycles. The van der Waals surface area contributed by atoms with Crippen LogP contribution in [0.4, 0.5) is 0 Å². The second-order valence-corrected chi connectivity index (χ2v) is 5.98. The fourth-order valence-electron chi connectivity index (χ4n) is 3.62. The van der Waals surface area contributed by atoms with Gasteiger partial charge in [0.2, 0.25) is 0 Å². The minimum absolute atomic E-state index is 0.0302. The van der Waals surface area contributed by atoms with Crippen LogP contribution >= 0.6 is 0 Å². The van der Waals surface area contributed by atoms with Gasteiger partial charge in [0, 0.05) is 24.7 Å². The highest BCUT2D eigenvalue weighted by atomic mass is 16.2. The first-order chi connectivity index (χ1) is 9.58. The van der Waals surface area contributed by atoms with Crippen molar-refractivity contribution in [3.63, 3.8) is 0 Å². The third-order valence-corrected chi connectivity index (χ3v) is 4.74. The van der Waals surface area contributed by atoms with Gasteiger partial charge in [-0.1, -0.05) is 18.2 Å². The molecule has 2 aliphatic rings. The van der Waals surface area contributed by atoms with E-state index in [0.29, 0.717) is 23.0 Å². The number of Topliss-reactive ketones (excluding diaryl/α,β-unsaturated/α-hetero) is 1. The van der Waals surface area contributed by atoms with Crippen molar-refractivity contribution >= 4 is 11.7 Å². The molecule has 0 bridgehead atoms. The first kappa shape index (κ1) is 13.3. The van der Waals surface area contributed by atoms with Crippen molar-refractivity contribution in [3.05, 3.63) is 35.4 Å². The number of nitrogens with two attached hydrogens (primary N) is 1. The lowest BCUT2D eigenvalue weighted by atomic mass is 9.98. The summed E-state index contributed by atoms with van der Waals surface area (Å²) in [5.41, 5.74) is 7.14. The van der Waals surface area contributed by atoms with E-state index >= 15 is 0 Å². The van der Waals surface area contributed by atoms with Crippen LogP contribution in [0.2, 0.25) is 0 Å². The molecule has 1 aliphatic carbocycles. The Morgan fingerprint density at radius 2 is 1.85 bits per heavy atom. The zero-order valence-electron chi connectivity index (χ0n) is 11.7. The largest absolute Gasteiger partial charge is 0.338 e. The van der Waals surface area contributed by atoms with Crippen LogP contribution in [0.3, 0.4) is 0 Å². The number of carbonyl (C=O) groups excluding carboxylic acids is 2. The number of benzene rings is 1. The van der Waals surface area contributed by atoms with E-state index in [9.17, 15) is 9.59 Å². The minimum Gasteiger partial charge on any atom is -0.338 e. The molecule has 0 radical (unpaired) electrons. The highest BCUT2D eigenvalue weighted by Gasteiger charge is 2.42. The predicted molar refractivity (Wildman–Crippen MR) is 76.5 cm³/mol. The number of rotatable bonds is 2. The number of ketones is 1. The molecule has 1 aromatic carbocycles. The van der Waals surface area contributed by atoms with Crippen LogP contribution in [0.25, 0.3) is 0 Å². The van der Waals surface area contributed by atoms with Gasteiger partial charge in [0.25, 0.3) is 5.91 Å². The lowest BCUT2D eigenvalue weighted by Crippen LogP contribution is -2.34. The number of hydrogen-bond donors (Lipinski definition) is 1. The number of amides is 1. The monoisotopic (exact) mass is 272 g/mol. The molecule has 3 unspecified atom stereocenters. The van der Waals surface area contributed by atoms with Crippen LogP contribution in [0.1, 0.15) is 40.5 Å². The van der Waals surface area contributed by atoms with Gasteiger partial charge in [0.15, 0.2) is 5.78 Å². The summed E-state index contributed by atoms with van der Waals surface area (Å²) < 4.78 is 0. The highest BCUT2D eigenvalue weighted by molar-refractivity contribution is 6.07. The fourth-order valence-corrected chi connectivity index (χ4v) is 3.62. The first-order valence-electron chi connectivity index (χ1n) is 7.22. The average Bonchev–Trinajstić information content (AvgIpc) is 3.00. The summed E-state index contributed by atoms with van der Waals surface area (Å²) in [6.07, 6.45) is 2.19. The third kappa shape index (κ3) is 2.14. The molecule has 2 fully saturated rings. The molecule has 1 heterocycles. The molecule has 1 saturated carbocycles. The number of carbonyl (C=O) groups is 2. The number of fused-ring (bicyclic) bond motifs is 1. The van der Waals surface area contributed by atoms with Crippen molar-refractivity contribution in [1.29, 1.82) is 0 Å². The molecule has 1 saturated heterocycles. The molecule has 2 N–H and O–H groups in total. The van der Waals surface area contributed by atoms with Crippen molar-refractivity contribution in [3.8, 4) is 0 Å². The van der Waals surface area contributed by atoms with Crippen molar-refractivity contribution < 1.29 is 9.59 Å². The second-order valence-electron chi connectivity index (χ2n) is 5.98. The lowest BCUT2D eigenvalue weighted by molar-refractivity contribution is 0.0774. The van der Waals surface area contributed by atoms with Crippen molar-refractivity contribution in [2.45, 2.75) is 25.8 Å². The molecule has 3 rings (SSSR count). The van der Waals surface area contributed by atoms with Crippen LogP contribution in [0, 0.1) is 11.8 Å². The molecule has 4 nitrogen and oxygen atoms in total. The van der Waals surface area contributed by atoms with Crippen molar-refractivity contribution in [2.75, 3.05) is 13.1 Å². The third-order valence-electron chi connectivity index (χ3n) is 4.74.